The summed E-state index contributed by atoms with van der Waals surface area (Å²) in [5.74, 6) is -0.233. The molecule has 0 spiro atoms. The summed E-state index contributed by atoms with van der Waals surface area (Å²) in [6.07, 6.45) is 0. The highest BCUT2D eigenvalue weighted by Crippen LogP contribution is 2.21. The molecule has 8 heteroatoms. The molecule has 1 amide bonds. The fourth-order valence-electron chi connectivity index (χ4n) is 2.42. The number of sulfonamides is 1. The fourth-order valence-corrected chi connectivity index (χ4v) is 4.13. The molecular weight excluding hydrogens is 326 g/mol. The molecule has 2 rings (SSSR count). The van der Waals surface area contributed by atoms with Crippen LogP contribution in [-0.4, -0.2) is 50.9 Å². The van der Waals surface area contributed by atoms with E-state index in [4.69, 9.17) is 0 Å². The summed E-state index contributed by atoms with van der Waals surface area (Å²) < 4.78 is 26.9. The molecule has 0 bridgehead atoms. The fraction of sp³-hybridized carbons (Fsp3) is 0.500. The molecule has 1 aromatic rings. The summed E-state index contributed by atoms with van der Waals surface area (Å²) in [6.45, 7) is 4.96. The molecule has 1 aromatic carbocycles. The van der Waals surface area contributed by atoms with Crippen LogP contribution in [0.1, 0.15) is 24.2 Å². The Kier molecular flexibility index (Phi) is 6.37. The molecule has 1 aliphatic heterocycles. The molecular formula is C14H22ClN3O3S. The molecule has 2 unspecified atom stereocenters. The van der Waals surface area contributed by atoms with E-state index in [2.05, 4.69) is 10.6 Å². The minimum atomic E-state index is -3.53. The van der Waals surface area contributed by atoms with Gasteiger partial charge in [-0.15, -0.1) is 12.4 Å². The van der Waals surface area contributed by atoms with E-state index in [0.717, 1.165) is 0 Å². The zero-order chi connectivity index (χ0) is 15.6. The molecule has 6 nitrogen and oxygen atoms in total. The number of benzene rings is 1. The highest BCUT2D eigenvalue weighted by atomic mass is 35.5. The van der Waals surface area contributed by atoms with Crippen molar-refractivity contribution in [2.45, 2.75) is 30.8 Å². The van der Waals surface area contributed by atoms with Crippen LogP contribution in [-0.2, 0) is 10.0 Å². The number of nitrogens with one attached hydrogen (secondary N) is 2. The van der Waals surface area contributed by atoms with Gasteiger partial charge in [-0.25, -0.2) is 8.42 Å². The van der Waals surface area contributed by atoms with Crippen molar-refractivity contribution in [2.75, 3.05) is 20.1 Å². The Labute approximate surface area is 137 Å². The number of rotatable bonds is 3. The first kappa shape index (κ1) is 18.9. The Balaban J connectivity index is 0.00000242. The van der Waals surface area contributed by atoms with Crippen LogP contribution in [0.15, 0.2) is 29.2 Å². The Hall–Kier alpha value is -1.15. The van der Waals surface area contributed by atoms with E-state index in [1.54, 1.807) is 0 Å². The van der Waals surface area contributed by atoms with Crippen molar-refractivity contribution in [3.63, 3.8) is 0 Å². The molecule has 1 aliphatic rings. The van der Waals surface area contributed by atoms with Gasteiger partial charge in [-0.2, -0.15) is 4.31 Å². The van der Waals surface area contributed by atoms with E-state index in [9.17, 15) is 13.2 Å². The highest BCUT2D eigenvalue weighted by Gasteiger charge is 2.34. The SMILES string of the molecule is CNC(=O)c1ccc(S(=O)(=O)N2CCNC(C)C2C)cc1.Cl. The summed E-state index contributed by atoms with van der Waals surface area (Å²) in [5.41, 5.74) is 0.443. The Morgan fingerprint density at radius 1 is 1.27 bits per heavy atom. The summed E-state index contributed by atoms with van der Waals surface area (Å²) in [5, 5.41) is 5.77. The first-order valence-corrected chi connectivity index (χ1v) is 8.39. The molecule has 124 valence electrons. The van der Waals surface area contributed by atoms with Gasteiger partial charge in [0.2, 0.25) is 10.0 Å². The van der Waals surface area contributed by atoms with Gasteiger partial charge in [0.25, 0.3) is 5.91 Å². The lowest BCUT2D eigenvalue weighted by Gasteiger charge is -2.37. The van der Waals surface area contributed by atoms with Crippen LogP contribution in [0.25, 0.3) is 0 Å². The van der Waals surface area contributed by atoms with Crippen molar-refractivity contribution in [1.82, 2.24) is 14.9 Å². The molecule has 0 aromatic heterocycles. The van der Waals surface area contributed by atoms with Crippen LogP contribution >= 0.6 is 12.4 Å². The van der Waals surface area contributed by atoms with Gasteiger partial charge in [0.15, 0.2) is 0 Å². The van der Waals surface area contributed by atoms with Crippen molar-refractivity contribution in [1.29, 1.82) is 0 Å². The molecule has 1 saturated heterocycles. The standard InChI is InChI=1S/C14H21N3O3S.ClH/c1-10-11(2)17(9-8-16-10)21(19,20)13-6-4-12(5-7-13)14(18)15-3;/h4-7,10-11,16H,8-9H2,1-3H3,(H,15,18);1H. The van der Waals surface area contributed by atoms with E-state index in [1.807, 2.05) is 13.8 Å². The Bertz CT molecular complexity index is 619. The van der Waals surface area contributed by atoms with Crippen LogP contribution in [0.5, 0.6) is 0 Å². The Morgan fingerprint density at radius 3 is 2.41 bits per heavy atom. The van der Waals surface area contributed by atoms with Gasteiger partial charge < -0.3 is 10.6 Å². The number of hydrogen-bond acceptors (Lipinski definition) is 4. The molecule has 2 N–H and O–H groups in total. The minimum Gasteiger partial charge on any atom is -0.355 e. The van der Waals surface area contributed by atoms with Crippen LogP contribution in [0.3, 0.4) is 0 Å². The number of nitrogens with zero attached hydrogens (tertiary/aromatic N) is 1. The maximum atomic E-state index is 12.7. The average molecular weight is 348 g/mol. The number of piperazine rings is 1. The maximum absolute atomic E-state index is 12.7. The predicted octanol–water partition coefficient (Wildman–Crippen LogP) is 0.839. The van der Waals surface area contributed by atoms with Crippen molar-refractivity contribution in [3.8, 4) is 0 Å². The number of carbonyl (C=O) groups excluding carboxylic acids is 1. The van der Waals surface area contributed by atoms with Crippen molar-refractivity contribution >= 4 is 28.3 Å². The molecule has 0 aliphatic carbocycles. The zero-order valence-electron chi connectivity index (χ0n) is 12.9. The van der Waals surface area contributed by atoms with Gasteiger partial charge in [-0.3, -0.25) is 4.79 Å². The van der Waals surface area contributed by atoms with Crippen molar-refractivity contribution in [3.05, 3.63) is 29.8 Å². The van der Waals surface area contributed by atoms with Gasteiger partial charge in [-0.05, 0) is 38.1 Å². The normalized spacial score (nSPS) is 22.7. The summed E-state index contributed by atoms with van der Waals surface area (Å²) in [4.78, 5) is 11.7. The van der Waals surface area contributed by atoms with E-state index >= 15 is 0 Å². The van der Waals surface area contributed by atoms with Crippen LogP contribution < -0.4 is 10.6 Å². The maximum Gasteiger partial charge on any atom is 0.251 e. The van der Waals surface area contributed by atoms with Crippen molar-refractivity contribution in [2.24, 2.45) is 0 Å². The largest absolute Gasteiger partial charge is 0.355 e. The van der Waals surface area contributed by atoms with Crippen LogP contribution in [0.4, 0.5) is 0 Å². The summed E-state index contributed by atoms with van der Waals surface area (Å²) in [6, 6.07) is 6.03. The second-order valence-corrected chi connectivity index (χ2v) is 7.09. The van der Waals surface area contributed by atoms with E-state index < -0.39 is 10.0 Å². The Morgan fingerprint density at radius 2 is 1.86 bits per heavy atom. The topological polar surface area (TPSA) is 78.5 Å². The second kappa shape index (κ2) is 7.41. The van der Waals surface area contributed by atoms with Crippen LogP contribution in [0.2, 0.25) is 0 Å². The van der Waals surface area contributed by atoms with Crippen molar-refractivity contribution < 1.29 is 13.2 Å². The monoisotopic (exact) mass is 347 g/mol. The quantitative estimate of drug-likeness (QED) is 0.849. The number of amides is 1. The van der Waals surface area contributed by atoms with E-state index in [1.165, 1.54) is 35.6 Å². The van der Waals surface area contributed by atoms with E-state index in [0.29, 0.717) is 18.7 Å². The lowest BCUT2D eigenvalue weighted by Crippen LogP contribution is -2.57. The first-order chi connectivity index (χ1) is 9.87. The summed E-state index contributed by atoms with van der Waals surface area (Å²) in [7, 11) is -1.99. The second-order valence-electron chi connectivity index (χ2n) is 5.20. The summed E-state index contributed by atoms with van der Waals surface area (Å²) >= 11 is 0. The molecule has 1 fully saturated rings. The molecule has 0 radical (unpaired) electrons. The van der Waals surface area contributed by atoms with Crippen LogP contribution in [0, 0.1) is 0 Å². The lowest BCUT2D eigenvalue weighted by molar-refractivity contribution is 0.0963. The first-order valence-electron chi connectivity index (χ1n) is 6.95. The van der Waals surface area contributed by atoms with Gasteiger partial charge >= 0.3 is 0 Å². The average Bonchev–Trinajstić information content (AvgIpc) is 2.49. The third-order valence-corrected chi connectivity index (χ3v) is 5.93. The van der Waals surface area contributed by atoms with Gasteiger partial charge in [0, 0.05) is 37.8 Å². The predicted molar refractivity (Wildman–Crippen MR) is 87.9 cm³/mol. The smallest absolute Gasteiger partial charge is 0.251 e. The highest BCUT2D eigenvalue weighted by molar-refractivity contribution is 7.89. The number of hydrogen-bond donors (Lipinski definition) is 2. The van der Waals surface area contributed by atoms with Gasteiger partial charge in [0.1, 0.15) is 0 Å². The number of halogens is 1. The zero-order valence-corrected chi connectivity index (χ0v) is 14.5. The molecule has 1 heterocycles. The molecule has 22 heavy (non-hydrogen) atoms. The third-order valence-electron chi connectivity index (χ3n) is 3.93. The van der Waals surface area contributed by atoms with E-state index in [-0.39, 0.29) is 35.3 Å². The molecule has 2 atom stereocenters. The molecule has 0 saturated carbocycles. The van der Waals surface area contributed by atoms with Gasteiger partial charge in [0.05, 0.1) is 4.90 Å². The number of carbonyl (C=O) groups is 1. The third kappa shape index (κ3) is 3.60. The minimum absolute atomic E-state index is 0. The van der Waals surface area contributed by atoms with Gasteiger partial charge in [-0.1, -0.05) is 0 Å². The lowest BCUT2D eigenvalue weighted by atomic mass is 10.1.